The van der Waals surface area contributed by atoms with Gasteiger partial charge in [0.05, 0.1) is 5.69 Å². The maximum atomic E-state index is 6.08. The van der Waals surface area contributed by atoms with Gasteiger partial charge in [-0.3, -0.25) is 4.57 Å². The van der Waals surface area contributed by atoms with E-state index in [1.807, 2.05) is 22.8 Å². The van der Waals surface area contributed by atoms with Crippen molar-refractivity contribution in [3.05, 3.63) is 40.9 Å². The van der Waals surface area contributed by atoms with E-state index in [1.54, 1.807) is 0 Å². The Bertz CT molecular complexity index is 491. The predicted molar refractivity (Wildman–Crippen MR) is 65.1 cm³/mol. The zero-order chi connectivity index (χ0) is 11.5. The summed E-state index contributed by atoms with van der Waals surface area (Å²) in [5, 5.41) is 8.46. The summed E-state index contributed by atoms with van der Waals surface area (Å²) in [5.41, 5.74) is 2.22. The number of halogens is 1. The molecule has 0 atom stereocenters. The van der Waals surface area contributed by atoms with Crippen molar-refractivity contribution in [2.24, 2.45) is 0 Å². The number of rotatable bonds is 3. The fraction of sp³-hybridized carbons (Fsp3) is 0.333. The first kappa shape index (κ1) is 11.1. The van der Waals surface area contributed by atoms with Crippen molar-refractivity contribution in [1.82, 2.24) is 14.8 Å². The summed E-state index contributed by atoms with van der Waals surface area (Å²) in [5.74, 6) is 0.918. The molecule has 0 bridgehead atoms. The minimum absolute atomic E-state index is 0.428. The maximum Gasteiger partial charge on any atom is 0.229 e. The van der Waals surface area contributed by atoms with Gasteiger partial charge in [-0.1, -0.05) is 25.1 Å². The monoisotopic (exact) mass is 235 g/mol. The molecule has 3 nitrogen and oxygen atoms in total. The van der Waals surface area contributed by atoms with Gasteiger partial charge < -0.3 is 0 Å². The van der Waals surface area contributed by atoms with Gasteiger partial charge in [-0.25, -0.2) is 0 Å². The molecule has 0 fully saturated rings. The van der Waals surface area contributed by atoms with Crippen molar-refractivity contribution in [2.45, 2.75) is 26.7 Å². The van der Waals surface area contributed by atoms with Gasteiger partial charge in [-0.05, 0) is 36.6 Å². The summed E-state index contributed by atoms with van der Waals surface area (Å²) in [4.78, 5) is 0. The molecule has 0 aliphatic carbocycles. The molecule has 4 heteroatoms. The maximum absolute atomic E-state index is 6.08. The quantitative estimate of drug-likeness (QED) is 0.818. The van der Waals surface area contributed by atoms with Crippen LogP contribution < -0.4 is 0 Å². The molecule has 2 rings (SSSR count). The second kappa shape index (κ2) is 4.66. The first-order chi connectivity index (χ1) is 7.74. The van der Waals surface area contributed by atoms with Crippen molar-refractivity contribution in [3.63, 3.8) is 0 Å². The number of para-hydroxylation sites is 1. The molecule has 0 aliphatic rings. The Balaban J connectivity index is 2.54. The smallest absolute Gasteiger partial charge is 0.229 e. The minimum Gasteiger partial charge on any atom is -0.269 e. The van der Waals surface area contributed by atoms with Crippen LogP contribution in [0.4, 0.5) is 0 Å². The Morgan fingerprint density at radius 1 is 1.25 bits per heavy atom. The Labute approximate surface area is 100 Å². The Morgan fingerprint density at radius 3 is 2.69 bits per heavy atom. The fourth-order valence-electron chi connectivity index (χ4n) is 1.73. The average Bonchev–Trinajstić information content (AvgIpc) is 2.62. The van der Waals surface area contributed by atoms with Crippen molar-refractivity contribution in [2.75, 3.05) is 0 Å². The molecule has 0 saturated carbocycles. The molecule has 0 spiro atoms. The van der Waals surface area contributed by atoms with Gasteiger partial charge in [0, 0.05) is 6.42 Å². The highest BCUT2D eigenvalue weighted by atomic mass is 35.5. The summed E-state index contributed by atoms with van der Waals surface area (Å²) in [7, 11) is 0. The topological polar surface area (TPSA) is 30.7 Å². The molecule has 0 N–H and O–H groups in total. The standard InChI is InChI=1S/C12H14ClN3/c1-3-6-11-14-15-12(13)16(11)10-8-5-4-7-9(10)2/h4-5,7-8H,3,6H2,1-2H3. The van der Waals surface area contributed by atoms with Crippen LogP contribution in [0.25, 0.3) is 5.69 Å². The highest BCUT2D eigenvalue weighted by Crippen LogP contribution is 2.20. The highest BCUT2D eigenvalue weighted by Gasteiger charge is 2.12. The molecule has 1 heterocycles. The average molecular weight is 236 g/mol. The van der Waals surface area contributed by atoms with Gasteiger partial charge in [0.15, 0.2) is 0 Å². The van der Waals surface area contributed by atoms with E-state index in [9.17, 15) is 0 Å². The fourth-order valence-corrected chi connectivity index (χ4v) is 1.96. The number of nitrogens with zero attached hydrogens (tertiary/aromatic N) is 3. The largest absolute Gasteiger partial charge is 0.269 e. The number of hydrogen-bond donors (Lipinski definition) is 0. The summed E-state index contributed by atoms with van der Waals surface area (Å²) in [6.07, 6.45) is 1.91. The Kier molecular flexibility index (Phi) is 3.25. The molecule has 0 aliphatic heterocycles. The third kappa shape index (κ3) is 1.95. The van der Waals surface area contributed by atoms with Crippen LogP contribution in [0.2, 0.25) is 5.28 Å². The van der Waals surface area contributed by atoms with Gasteiger partial charge in [-0.2, -0.15) is 0 Å². The molecule has 0 radical (unpaired) electrons. The summed E-state index contributed by atoms with van der Waals surface area (Å²) < 4.78 is 1.92. The zero-order valence-corrected chi connectivity index (χ0v) is 10.2. The lowest BCUT2D eigenvalue weighted by Crippen LogP contribution is -2.03. The van der Waals surface area contributed by atoms with E-state index in [0.29, 0.717) is 5.28 Å². The van der Waals surface area contributed by atoms with Crippen LogP contribution in [0.15, 0.2) is 24.3 Å². The van der Waals surface area contributed by atoms with E-state index < -0.39 is 0 Å². The van der Waals surface area contributed by atoms with Gasteiger partial charge in [-0.15, -0.1) is 10.2 Å². The zero-order valence-electron chi connectivity index (χ0n) is 9.44. The van der Waals surface area contributed by atoms with Crippen LogP contribution >= 0.6 is 11.6 Å². The number of aryl methyl sites for hydroxylation is 2. The Hall–Kier alpha value is -1.35. The first-order valence-electron chi connectivity index (χ1n) is 5.40. The van der Waals surface area contributed by atoms with E-state index in [4.69, 9.17) is 11.6 Å². The second-order valence-electron chi connectivity index (χ2n) is 3.76. The molecule has 0 amide bonds. The van der Waals surface area contributed by atoms with Crippen LogP contribution in [0, 0.1) is 6.92 Å². The third-order valence-corrected chi connectivity index (χ3v) is 2.77. The van der Waals surface area contributed by atoms with Crippen molar-refractivity contribution in [1.29, 1.82) is 0 Å². The molecular formula is C12H14ClN3. The van der Waals surface area contributed by atoms with Gasteiger partial charge in [0.2, 0.25) is 5.28 Å². The number of hydrogen-bond acceptors (Lipinski definition) is 2. The van der Waals surface area contributed by atoms with Gasteiger partial charge in [0.1, 0.15) is 5.82 Å². The molecular weight excluding hydrogens is 222 g/mol. The van der Waals surface area contributed by atoms with Crippen LogP contribution in [0.1, 0.15) is 24.7 Å². The molecule has 2 aromatic rings. The lowest BCUT2D eigenvalue weighted by molar-refractivity contribution is 0.801. The third-order valence-electron chi connectivity index (χ3n) is 2.52. The molecule has 1 aromatic carbocycles. The summed E-state index contributed by atoms with van der Waals surface area (Å²) >= 11 is 6.08. The highest BCUT2D eigenvalue weighted by molar-refractivity contribution is 6.28. The molecule has 0 unspecified atom stereocenters. The molecule has 0 saturated heterocycles. The minimum atomic E-state index is 0.428. The summed E-state index contributed by atoms with van der Waals surface area (Å²) in [6, 6.07) is 8.09. The van der Waals surface area contributed by atoms with E-state index >= 15 is 0 Å². The number of aromatic nitrogens is 3. The van der Waals surface area contributed by atoms with Crippen LogP contribution in [0.5, 0.6) is 0 Å². The second-order valence-corrected chi connectivity index (χ2v) is 4.10. The molecule has 1 aromatic heterocycles. The predicted octanol–water partition coefficient (Wildman–Crippen LogP) is 3.18. The normalized spacial score (nSPS) is 10.7. The van der Waals surface area contributed by atoms with Crippen LogP contribution in [-0.4, -0.2) is 14.8 Å². The molecule has 16 heavy (non-hydrogen) atoms. The lowest BCUT2D eigenvalue weighted by Gasteiger charge is -2.09. The molecule has 84 valence electrons. The Morgan fingerprint density at radius 2 is 2.00 bits per heavy atom. The SMILES string of the molecule is CCCc1nnc(Cl)n1-c1ccccc1C. The van der Waals surface area contributed by atoms with Gasteiger partial charge >= 0.3 is 0 Å². The van der Waals surface area contributed by atoms with E-state index in [0.717, 1.165) is 24.4 Å². The van der Waals surface area contributed by atoms with Crippen LogP contribution in [-0.2, 0) is 6.42 Å². The van der Waals surface area contributed by atoms with E-state index in [1.165, 1.54) is 5.56 Å². The van der Waals surface area contributed by atoms with Crippen LogP contribution in [0.3, 0.4) is 0 Å². The van der Waals surface area contributed by atoms with Crippen molar-refractivity contribution in [3.8, 4) is 5.69 Å². The summed E-state index contributed by atoms with van der Waals surface area (Å²) in [6.45, 7) is 4.17. The van der Waals surface area contributed by atoms with Crippen molar-refractivity contribution < 1.29 is 0 Å². The lowest BCUT2D eigenvalue weighted by atomic mass is 10.2. The van der Waals surface area contributed by atoms with Gasteiger partial charge in [0.25, 0.3) is 0 Å². The number of benzene rings is 1. The van der Waals surface area contributed by atoms with E-state index in [2.05, 4.69) is 30.1 Å². The van der Waals surface area contributed by atoms with E-state index in [-0.39, 0.29) is 0 Å². The first-order valence-corrected chi connectivity index (χ1v) is 5.77. The van der Waals surface area contributed by atoms with Crippen molar-refractivity contribution >= 4 is 11.6 Å².